The molecule has 2 aromatic carbocycles. The van der Waals surface area contributed by atoms with Crippen LogP contribution in [0.15, 0.2) is 47.4 Å². The number of nitrogens with zero attached hydrogens (tertiary/aromatic N) is 1. The fourth-order valence-electron chi connectivity index (χ4n) is 2.35. The summed E-state index contributed by atoms with van der Waals surface area (Å²) in [5, 5.41) is 2.81. The maximum absolute atomic E-state index is 12.4. The number of aryl methyl sites for hydroxylation is 2. The third-order valence-electron chi connectivity index (χ3n) is 3.81. The Morgan fingerprint density at radius 3 is 2.42 bits per heavy atom. The molecule has 0 heterocycles. The Bertz CT molecular complexity index is 858. The predicted octanol–water partition coefficient (Wildman–Crippen LogP) is 2.48. The Balaban J connectivity index is 2.24. The minimum atomic E-state index is -3.55. The molecule has 6 heteroatoms. The second kappa shape index (κ2) is 7.15. The Kier molecular flexibility index (Phi) is 5.41. The average molecular weight is 346 g/mol. The fourth-order valence-corrected chi connectivity index (χ4v) is 3.46. The lowest BCUT2D eigenvalue weighted by molar-refractivity contribution is 0.0950. The van der Waals surface area contributed by atoms with Gasteiger partial charge in [-0.05, 0) is 37.1 Å². The van der Waals surface area contributed by atoms with Crippen molar-refractivity contribution in [1.29, 1.82) is 0 Å². The molecule has 0 unspecified atom stereocenters. The van der Waals surface area contributed by atoms with Crippen molar-refractivity contribution in [2.24, 2.45) is 0 Å². The Hall–Kier alpha value is -2.18. The molecule has 1 N–H and O–H groups in total. The summed E-state index contributed by atoms with van der Waals surface area (Å²) in [7, 11) is -0.579. The number of sulfonamides is 1. The second-order valence-electron chi connectivity index (χ2n) is 5.90. The van der Waals surface area contributed by atoms with Crippen LogP contribution in [0.5, 0.6) is 0 Å². The Morgan fingerprint density at radius 2 is 1.75 bits per heavy atom. The normalized spacial score (nSPS) is 11.5. The van der Waals surface area contributed by atoms with E-state index in [0.717, 1.165) is 11.1 Å². The van der Waals surface area contributed by atoms with E-state index >= 15 is 0 Å². The van der Waals surface area contributed by atoms with Crippen LogP contribution in [0.4, 0.5) is 0 Å². The number of benzene rings is 2. The summed E-state index contributed by atoms with van der Waals surface area (Å²) < 4.78 is 25.9. The highest BCUT2D eigenvalue weighted by Gasteiger charge is 2.21. The van der Waals surface area contributed by atoms with Crippen molar-refractivity contribution in [3.63, 3.8) is 0 Å². The molecule has 128 valence electrons. The molecule has 2 aromatic rings. The number of hydrogen-bond acceptors (Lipinski definition) is 3. The zero-order chi connectivity index (χ0) is 17.9. The molecule has 0 spiro atoms. The molecule has 0 aliphatic carbocycles. The summed E-state index contributed by atoms with van der Waals surface area (Å²) in [5.41, 5.74) is 3.04. The maximum Gasteiger partial charge on any atom is 0.251 e. The van der Waals surface area contributed by atoms with E-state index in [1.54, 1.807) is 24.3 Å². The summed E-state index contributed by atoms with van der Waals surface area (Å²) in [5.74, 6) is -0.215. The van der Waals surface area contributed by atoms with Crippen LogP contribution in [0.25, 0.3) is 0 Å². The molecule has 0 saturated carbocycles. The second-order valence-corrected chi connectivity index (χ2v) is 8.02. The average Bonchev–Trinajstić information content (AvgIpc) is 2.55. The van der Waals surface area contributed by atoms with Gasteiger partial charge in [0.2, 0.25) is 10.0 Å². The third kappa shape index (κ3) is 3.83. The van der Waals surface area contributed by atoms with Gasteiger partial charge >= 0.3 is 0 Å². The van der Waals surface area contributed by atoms with Crippen molar-refractivity contribution in [3.05, 3.63) is 64.7 Å². The van der Waals surface area contributed by atoms with Crippen LogP contribution in [-0.4, -0.2) is 32.7 Å². The monoisotopic (exact) mass is 346 g/mol. The molecule has 0 bridgehead atoms. The highest BCUT2D eigenvalue weighted by Crippen LogP contribution is 2.18. The van der Waals surface area contributed by atoms with Gasteiger partial charge in [-0.2, -0.15) is 0 Å². The first kappa shape index (κ1) is 18.2. The van der Waals surface area contributed by atoms with E-state index in [1.807, 2.05) is 32.0 Å². The number of carbonyl (C=O) groups is 1. The van der Waals surface area contributed by atoms with Crippen LogP contribution in [0.2, 0.25) is 0 Å². The lowest BCUT2D eigenvalue weighted by Gasteiger charge is -2.16. The van der Waals surface area contributed by atoms with Gasteiger partial charge in [0.1, 0.15) is 0 Å². The lowest BCUT2D eigenvalue weighted by atomic mass is 10.0. The maximum atomic E-state index is 12.4. The molecule has 2 rings (SSSR count). The standard InChI is InChI=1S/C18H22N2O3S/c1-13-9-10-14(2)16(11-13)18(21)19-12-15-7-5-6-8-17(15)24(22,23)20(3)4/h5-11H,12H2,1-4H3,(H,19,21). The van der Waals surface area contributed by atoms with Gasteiger partial charge in [-0.3, -0.25) is 4.79 Å². The minimum absolute atomic E-state index is 0.148. The number of nitrogens with one attached hydrogen (secondary N) is 1. The van der Waals surface area contributed by atoms with E-state index < -0.39 is 10.0 Å². The summed E-state index contributed by atoms with van der Waals surface area (Å²) >= 11 is 0. The molecule has 24 heavy (non-hydrogen) atoms. The fraction of sp³-hybridized carbons (Fsp3) is 0.278. The van der Waals surface area contributed by atoms with Gasteiger partial charge < -0.3 is 5.32 Å². The zero-order valence-corrected chi connectivity index (χ0v) is 15.1. The van der Waals surface area contributed by atoms with Gasteiger partial charge in [-0.25, -0.2) is 12.7 Å². The summed E-state index contributed by atoms with van der Waals surface area (Å²) in [4.78, 5) is 12.6. The van der Waals surface area contributed by atoms with Crippen LogP contribution >= 0.6 is 0 Å². The van der Waals surface area contributed by atoms with Crippen molar-refractivity contribution in [3.8, 4) is 0 Å². The van der Waals surface area contributed by atoms with E-state index in [4.69, 9.17) is 0 Å². The highest BCUT2D eigenvalue weighted by atomic mass is 32.2. The zero-order valence-electron chi connectivity index (χ0n) is 14.3. The molecule has 0 radical (unpaired) electrons. The number of hydrogen-bond donors (Lipinski definition) is 1. The van der Waals surface area contributed by atoms with E-state index in [1.165, 1.54) is 18.4 Å². The Morgan fingerprint density at radius 1 is 1.08 bits per heavy atom. The van der Waals surface area contributed by atoms with Crippen molar-refractivity contribution >= 4 is 15.9 Å². The Labute approximate surface area is 143 Å². The molecular weight excluding hydrogens is 324 g/mol. The van der Waals surface area contributed by atoms with Crippen LogP contribution in [-0.2, 0) is 16.6 Å². The van der Waals surface area contributed by atoms with E-state index in [0.29, 0.717) is 11.1 Å². The number of carbonyl (C=O) groups excluding carboxylic acids is 1. The SMILES string of the molecule is Cc1ccc(C)c(C(=O)NCc2ccccc2S(=O)(=O)N(C)C)c1. The first-order chi connectivity index (χ1) is 11.2. The largest absolute Gasteiger partial charge is 0.348 e. The van der Waals surface area contributed by atoms with Crippen LogP contribution in [0, 0.1) is 13.8 Å². The van der Waals surface area contributed by atoms with Gasteiger partial charge in [-0.15, -0.1) is 0 Å². The van der Waals surface area contributed by atoms with Gasteiger partial charge in [-0.1, -0.05) is 35.9 Å². The highest BCUT2D eigenvalue weighted by molar-refractivity contribution is 7.89. The van der Waals surface area contributed by atoms with Crippen LogP contribution < -0.4 is 5.32 Å². The molecule has 1 amide bonds. The van der Waals surface area contributed by atoms with E-state index in [2.05, 4.69) is 5.32 Å². The minimum Gasteiger partial charge on any atom is -0.348 e. The molecule has 0 saturated heterocycles. The number of amides is 1. The molecule has 5 nitrogen and oxygen atoms in total. The van der Waals surface area contributed by atoms with E-state index in [-0.39, 0.29) is 17.3 Å². The van der Waals surface area contributed by atoms with Crippen molar-refractivity contribution < 1.29 is 13.2 Å². The van der Waals surface area contributed by atoms with Gasteiger partial charge in [0, 0.05) is 26.2 Å². The molecular formula is C18H22N2O3S. The predicted molar refractivity (Wildman–Crippen MR) is 94.4 cm³/mol. The van der Waals surface area contributed by atoms with Gasteiger partial charge in [0.15, 0.2) is 0 Å². The van der Waals surface area contributed by atoms with Crippen LogP contribution in [0.1, 0.15) is 27.0 Å². The summed E-state index contributed by atoms with van der Waals surface area (Å²) in [6.07, 6.45) is 0. The first-order valence-electron chi connectivity index (χ1n) is 7.59. The third-order valence-corrected chi connectivity index (χ3v) is 5.72. The van der Waals surface area contributed by atoms with Crippen molar-refractivity contribution in [1.82, 2.24) is 9.62 Å². The number of rotatable bonds is 5. The van der Waals surface area contributed by atoms with Gasteiger partial charge in [0.25, 0.3) is 5.91 Å². The lowest BCUT2D eigenvalue weighted by Crippen LogP contribution is -2.27. The summed E-state index contributed by atoms with van der Waals surface area (Å²) in [6, 6.07) is 12.4. The summed E-state index contributed by atoms with van der Waals surface area (Å²) in [6.45, 7) is 3.95. The van der Waals surface area contributed by atoms with E-state index in [9.17, 15) is 13.2 Å². The van der Waals surface area contributed by atoms with Crippen molar-refractivity contribution in [2.75, 3.05) is 14.1 Å². The first-order valence-corrected chi connectivity index (χ1v) is 9.03. The van der Waals surface area contributed by atoms with Crippen molar-refractivity contribution in [2.45, 2.75) is 25.3 Å². The molecule has 0 fully saturated rings. The van der Waals surface area contributed by atoms with Gasteiger partial charge in [0.05, 0.1) is 4.90 Å². The quantitative estimate of drug-likeness (QED) is 0.904. The van der Waals surface area contributed by atoms with Crippen LogP contribution in [0.3, 0.4) is 0 Å². The molecule has 0 atom stereocenters. The molecule has 0 aromatic heterocycles. The smallest absolute Gasteiger partial charge is 0.251 e. The topological polar surface area (TPSA) is 66.5 Å². The molecule has 0 aliphatic heterocycles. The molecule has 0 aliphatic rings.